The molecule has 0 aliphatic carbocycles. The van der Waals surface area contributed by atoms with Crippen molar-refractivity contribution in [3.8, 4) is 0 Å². The molecular formula is C11H15ClO2. The number of methoxy groups -OCH3 is 1. The monoisotopic (exact) mass is 214 g/mol. The third-order valence-corrected chi connectivity index (χ3v) is 2.58. The summed E-state index contributed by atoms with van der Waals surface area (Å²) in [5, 5.41) is 9.93. The van der Waals surface area contributed by atoms with Crippen LogP contribution in [0.25, 0.3) is 0 Å². The van der Waals surface area contributed by atoms with Crippen molar-refractivity contribution in [2.75, 3.05) is 20.3 Å². The topological polar surface area (TPSA) is 29.5 Å². The van der Waals surface area contributed by atoms with Gasteiger partial charge in [0.25, 0.3) is 0 Å². The molecule has 1 N–H and O–H groups in total. The molecule has 0 radical (unpaired) electrons. The van der Waals surface area contributed by atoms with Crippen LogP contribution in [0.2, 0.25) is 5.02 Å². The van der Waals surface area contributed by atoms with E-state index in [1.807, 2.05) is 24.3 Å². The van der Waals surface area contributed by atoms with Crippen molar-refractivity contribution in [2.24, 2.45) is 0 Å². The maximum atomic E-state index is 9.22. The maximum absolute atomic E-state index is 9.22. The van der Waals surface area contributed by atoms with Gasteiger partial charge in [0.15, 0.2) is 0 Å². The van der Waals surface area contributed by atoms with Crippen LogP contribution in [0.3, 0.4) is 0 Å². The highest BCUT2D eigenvalue weighted by Gasteiger charge is 2.12. The molecule has 78 valence electrons. The molecule has 0 saturated heterocycles. The van der Waals surface area contributed by atoms with Crippen LogP contribution in [-0.2, 0) is 4.74 Å². The molecule has 1 atom stereocenters. The molecule has 0 amide bonds. The fourth-order valence-electron chi connectivity index (χ4n) is 1.41. The van der Waals surface area contributed by atoms with E-state index in [0.29, 0.717) is 11.6 Å². The van der Waals surface area contributed by atoms with Gasteiger partial charge < -0.3 is 9.84 Å². The summed E-state index contributed by atoms with van der Waals surface area (Å²) in [5.74, 6) is 0.0728. The van der Waals surface area contributed by atoms with E-state index >= 15 is 0 Å². The van der Waals surface area contributed by atoms with Crippen LogP contribution >= 0.6 is 11.6 Å². The Labute approximate surface area is 89.5 Å². The summed E-state index contributed by atoms with van der Waals surface area (Å²) in [6.07, 6.45) is 0.788. The van der Waals surface area contributed by atoms with Gasteiger partial charge in [-0.05, 0) is 18.1 Å². The molecular weight excluding hydrogens is 200 g/mol. The van der Waals surface area contributed by atoms with Crippen molar-refractivity contribution in [3.05, 3.63) is 34.9 Å². The Morgan fingerprint density at radius 3 is 2.71 bits per heavy atom. The first kappa shape index (κ1) is 11.5. The molecule has 1 rings (SSSR count). The average molecular weight is 215 g/mol. The van der Waals surface area contributed by atoms with Crippen LogP contribution in [0, 0.1) is 0 Å². The average Bonchev–Trinajstić information content (AvgIpc) is 2.21. The number of aliphatic hydroxyl groups excluding tert-OH is 1. The van der Waals surface area contributed by atoms with Crippen molar-refractivity contribution < 1.29 is 9.84 Å². The fourth-order valence-corrected chi connectivity index (χ4v) is 1.70. The summed E-state index contributed by atoms with van der Waals surface area (Å²) in [4.78, 5) is 0. The quantitative estimate of drug-likeness (QED) is 0.816. The molecule has 0 aromatic heterocycles. The van der Waals surface area contributed by atoms with Gasteiger partial charge in [-0.2, -0.15) is 0 Å². The third kappa shape index (κ3) is 2.98. The van der Waals surface area contributed by atoms with E-state index in [-0.39, 0.29) is 12.5 Å². The predicted octanol–water partition coefficient (Wildman–Crippen LogP) is 2.45. The highest BCUT2D eigenvalue weighted by molar-refractivity contribution is 6.31. The molecule has 0 saturated carbocycles. The van der Waals surface area contributed by atoms with Gasteiger partial charge in [-0.25, -0.2) is 0 Å². The van der Waals surface area contributed by atoms with Gasteiger partial charge in [0.2, 0.25) is 0 Å². The number of rotatable bonds is 5. The number of ether oxygens (including phenoxy) is 1. The lowest BCUT2D eigenvalue weighted by molar-refractivity contribution is 0.170. The smallest absolute Gasteiger partial charge is 0.0501 e. The molecule has 1 aromatic rings. The molecule has 0 spiro atoms. The molecule has 0 heterocycles. The largest absolute Gasteiger partial charge is 0.396 e. The number of benzene rings is 1. The second-order valence-corrected chi connectivity index (χ2v) is 3.59. The molecule has 0 aliphatic rings. The fraction of sp³-hybridized carbons (Fsp3) is 0.455. The summed E-state index contributed by atoms with van der Waals surface area (Å²) in [6.45, 7) is 0.740. The minimum atomic E-state index is 0.0728. The lowest BCUT2D eigenvalue weighted by Crippen LogP contribution is -2.07. The lowest BCUT2D eigenvalue weighted by atomic mass is 9.97. The molecule has 1 aromatic carbocycles. The zero-order valence-electron chi connectivity index (χ0n) is 8.24. The minimum absolute atomic E-state index is 0.0728. The highest BCUT2D eigenvalue weighted by Crippen LogP contribution is 2.26. The van der Waals surface area contributed by atoms with E-state index in [0.717, 1.165) is 12.0 Å². The highest BCUT2D eigenvalue weighted by atomic mass is 35.5. The standard InChI is InChI=1S/C11H15ClO2/c1-14-7-6-9(8-13)10-4-2-3-5-11(10)12/h2-5,9,13H,6-8H2,1H3. The number of hydrogen-bond acceptors (Lipinski definition) is 2. The summed E-state index contributed by atoms with van der Waals surface area (Å²) in [5.41, 5.74) is 0.994. The Bertz CT molecular complexity index is 276. The SMILES string of the molecule is COCCC(CO)c1ccccc1Cl. The Morgan fingerprint density at radius 2 is 2.14 bits per heavy atom. The van der Waals surface area contributed by atoms with Crippen LogP contribution in [0.15, 0.2) is 24.3 Å². The summed E-state index contributed by atoms with van der Waals surface area (Å²) >= 11 is 6.02. The minimum Gasteiger partial charge on any atom is -0.396 e. The Morgan fingerprint density at radius 1 is 1.43 bits per heavy atom. The summed E-state index contributed by atoms with van der Waals surface area (Å²) in [6, 6.07) is 7.60. The molecule has 14 heavy (non-hydrogen) atoms. The summed E-state index contributed by atoms with van der Waals surface area (Å²) < 4.78 is 4.98. The summed E-state index contributed by atoms with van der Waals surface area (Å²) in [7, 11) is 1.65. The first-order chi connectivity index (χ1) is 6.79. The number of hydrogen-bond donors (Lipinski definition) is 1. The normalized spacial score (nSPS) is 12.8. The molecule has 0 bridgehead atoms. The van der Waals surface area contributed by atoms with Gasteiger partial charge in [-0.1, -0.05) is 29.8 Å². The zero-order chi connectivity index (χ0) is 10.4. The number of halogens is 1. The second kappa shape index (κ2) is 6.02. The van der Waals surface area contributed by atoms with Gasteiger partial charge in [0.1, 0.15) is 0 Å². The van der Waals surface area contributed by atoms with Crippen LogP contribution < -0.4 is 0 Å². The van der Waals surface area contributed by atoms with Crippen molar-refractivity contribution >= 4 is 11.6 Å². The Kier molecular flexibility index (Phi) is 4.94. The van der Waals surface area contributed by atoms with Crippen LogP contribution in [0.5, 0.6) is 0 Å². The van der Waals surface area contributed by atoms with Crippen LogP contribution in [0.4, 0.5) is 0 Å². The molecule has 0 aliphatic heterocycles. The van der Waals surface area contributed by atoms with Gasteiger partial charge in [-0.3, -0.25) is 0 Å². The second-order valence-electron chi connectivity index (χ2n) is 3.18. The van der Waals surface area contributed by atoms with Gasteiger partial charge in [-0.15, -0.1) is 0 Å². The van der Waals surface area contributed by atoms with E-state index in [1.54, 1.807) is 7.11 Å². The van der Waals surface area contributed by atoms with Crippen molar-refractivity contribution in [1.29, 1.82) is 0 Å². The first-order valence-corrected chi connectivity index (χ1v) is 5.01. The maximum Gasteiger partial charge on any atom is 0.0501 e. The first-order valence-electron chi connectivity index (χ1n) is 4.63. The van der Waals surface area contributed by atoms with Gasteiger partial charge in [0, 0.05) is 24.7 Å². The lowest BCUT2D eigenvalue weighted by Gasteiger charge is -2.15. The van der Waals surface area contributed by atoms with Crippen LogP contribution in [-0.4, -0.2) is 25.4 Å². The van der Waals surface area contributed by atoms with E-state index in [2.05, 4.69) is 0 Å². The molecule has 0 fully saturated rings. The molecule has 3 heteroatoms. The van der Waals surface area contributed by atoms with E-state index < -0.39 is 0 Å². The van der Waals surface area contributed by atoms with E-state index in [4.69, 9.17) is 16.3 Å². The predicted molar refractivity (Wildman–Crippen MR) is 57.8 cm³/mol. The van der Waals surface area contributed by atoms with Crippen molar-refractivity contribution in [2.45, 2.75) is 12.3 Å². The van der Waals surface area contributed by atoms with Crippen LogP contribution in [0.1, 0.15) is 17.9 Å². The Hall–Kier alpha value is -0.570. The van der Waals surface area contributed by atoms with E-state index in [9.17, 15) is 5.11 Å². The van der Waals surface area contributed by atoms with Gasteiger partial charge >= 0.3 is 0 Å². The molecule has 1 unspecified atom stereocenters. The van der Waals surface area contributed by atoms with Gasteiger partial charge in [0.05, 0.1) is 6.61 Å². The number of aliphatic hydroxyl groups is 1. The Balaban J connectivity index is 2.73. The van der Waals surface area contributed by atoms with E-state index in [1.165, 1.54) is 0 Å². The van der Waals surface area contributed by atoms with Crippen molar-refractivity contribution in [1.82, 2.24) is 0 Å². The zero-order valence-corrected chi connectivity index (χ0v) is 9.00. The van der Waals surface area contributed by atoms with Crippen molar-refractivity contribution in [3.63, 3.8) is 0 Å². The molecule has 2 nitrogen and oxygen atoms in total. The third-order valence-electron chi connectivity index (χ3n) is 2.24.